The normalized spacial score (nSPS) is 21.6. The standard InChI is InChI=1S/C96H84O18/c1-7-37-103-61-25-13-55(14-26-61)67-43-79(67)91(97)109-85-49-73-74(50-86(85)110-92(98)80-44-68(80)56-15-27-62(28-16-56)104-38-8-2)76-52-88(112-94(100)82-46-70(82)58-19-31-64(32-20-58)106-40-10-4)90(114-96(102)84-48-72(84)60-23-35-66(36-24-60)108-42-12-6)54-78(76)77-53-89(113-95(101)83-47-71(83)59-21-33-65(34-22-59)107-41-11-5)87(51-75(73)77)111-93(99)81-45-69(81)57-17-29-63(30-18-57)105-39-9-3/h7-36,49-54,67-72,79-84H,1-6,37-48H2. The first-order valence-corrected chi connectivity index (χ1v) is 38.5. The zero-order valence-corrected chi connectivity index (χ0v) is 62.8. The molecule has 18 nitrogen and oxygen atoms in total. The largest absolute Gasteiger partial charge is 0.490 e. The second-order valence-electron chi connectivity index (χ2n) is 29.8. The van der Waals surface area contributed by atoms with Crippen LogP contribution in [0, 0.1) is 35.5 Å². The molecule has 0 heterocycles. The summed E-state index contributed by atoms with van der Waals surface area (Å²) in [5.41, 5.74) is 5.38. The van der Waals surface area contributed by atoms with Crippen molar-refractivity contribution in [3.05, 3.63) is 291 Å². The maximum Gasteiger partial charge on any atom is 0.315 e. The van der Waals surface area contributed by atoms with Crippen LogP contribution in [0.2, 0.25) is 0 Å². The van der Waals surface area contributed by atoms with Crippen LogP contribution in [-0.2, 0) is 28.8 Å². The van der Waals surface area contributed by atoms with Gasteiger partial charge in [-0.15, -0.1) is 0 Å². The minimum absolute atomic E-state index is 0.104. The average Bonchev–Trinajstić information content (AvgIpc) is 1.16. The molecule has 12 unspecified atom stereocenters. The van der Waals surface area contributed by atoms with Crippen LogP contribution in [0.25, 0.3) is 32.3 Å². The maximum absolute atomic E-state index is 15.0. The lowest BCUT2D eigenvalue weighted by atomic mass is 9.93. The van der Waals surface area contributed by atoms with E-state index >= 15 is 0 Å². The fourth-order valence-electron chi connectivity index (χ4n) is 15.3. The Morgan fingerprint density at radius 3 is 0.482 bits per heavy atom. The molecule has 0 N–H and O–H groups in total. The molecule has 114 heavy (non-hydrogen) atoms. The minimum atomic E-state index is -0.600. The van der Waals surface area contributed by atoms with E-state index in [1.54, 1.807) is 72.9 Å². The molecular formula is C96H84O18. The number of rotatable bonds is 36. The monoisotopic (exact) mass is 1520 g/mol. The third kappa shape index (κ3) is 16.7. The zero-order chi connectivity index (χ0) is 78.7. The van der Waals surface area contributed by atoms with Crippen LogP contribution in [0.5, 0.6) is 69.0 Å². The fraction of sp³-hybridized carbons (Fsp3) is 0.250. The van der Waals surface area contributed by atoms with E-state index in [-0.39, 0.29) is 70.0 Å². The second kappa shape index (κ2) is 32.8. The quantitative estimate of drug-likeness (QED) is 0.0154. The summed E-state index contributed by atoms with van der Waals surface area (Å²) in [6.07, 6.45) is 12.7. The van der Waals surface area contributed by atoms with Gasteiger partial charge in [0.2, 0.25) is 0 Å². The highest BCUT2D eigenvalue weighted by atomic mass is 16.6. The van der Waals surface area contributed by atoms with E-state index in [2.05, 4.69) is 39.5 Å². The van der Waals surface area contributed by atoms with Gasteiger partial charge in [-0.25, -0.2) is 0 Å². The molecule has 16 rings (SSSR count). The van der Waals surface area contributed by atoms with Crippen LogP contribution in [0.3, 0.4) is 0 Å². The smallest absolute Gasteiger partial charge is 0.315 e. The number of fused-ring (bicyclic) bond motifs is 6. The van der Waals surface area contributed by atoms with Crippen molar-refractivity contribution < 1.29 is 85.6 Å². The molecular weight excluding hydrogens is 1440 g/mol. The topological polar surface area (TPSA) is 213 Å². The summed E-state index contributed by atoms with van der Waals surface area (Å²) < 4.78 is 73.9. The van der Waals surface area contributed by atoms with Crippen LogP contribution >= 0.6 is 0 Å². The van der Waals surface area contributed by atoms with Crippen LogP contribution in [0.4, 0.5) is 0 Å². The summed E-state index contributed by atoms with van der Waals surface area (Å²) in [7, 11) is 0. The summed E-state index contributed by atoms with van der Waals surface area (Å²) in [6.45, 7) is 24.4. The van der Waals surface area contributed by atoms with Crippen LogP contribution in [0.15, 0.2) is 258 Å². The molecule has 0 radical (unpaired) electrons. The summed E-state index contributed by atoms with van der Waals surface area (Å²) in [4.78, 5) is 89.7. The Balaban J connectivity index is 0.836. The zero-order valence-electron chi connectivity index (χ0n) is 62.8. The van der Waals surface area contributed by atoms with Crippen LogP contribution in [-0.4, -0.2) is 75.5 Å². The van der Waals surface area contributed by atoms with Crippen molar-refractivity contribution in [1.29, 1.82) is 0 Å². The van der Waals surface area contributed by atoms with Crippen molar-refractivity contribution in [1.82, 2.24) is 0 Å². The van der Waals surface area contributed by atoms with Crippen molar-refractivity contribution in [2.75, 3.05) is 39.6 Å². The van der Waals surface area contributed by atoms with E-state index in [9.17, 15) is 28.8 Å². The Morgan fingerprint density at radius 1 is 0.228 bits per heavy atom. The van der Waals surface area contributed by atoms with E-state index in [0.717, 1.165) is 33.4 Å². The number of carbonyl (C=O) groups excluding carboxylic acids is 6. The number of carbonyl (C=O) groups is 6. The van der Waals surface area contributed by atoms with Gasteiger partial charge in [-0.1, -0.05) is 149 Å². The van der Waals surface area contributed by atoms with Crippen molar-refractivity contribution in [3.63, 3.8) is 0 Å². The molecule has 0 bridgehead atoms. The summed E-state index contributed by atoms with van der Waals surface area (Å²) in [5.74, 6) is -5.17. The number of esters is 6. The van der Waals surface area contributed by atoms with Gasteiger partial charge in [-0.3, -0.25) is 28.8 Å². The highest BCUT2D eigenvalue weighted by Crippen LogP contribution is 2.57. The van der Waals surface area contributed by atoms with Crippen molar-refractivity contribution in [2.24, 2.45) is 35.5 Å². The maximum atomic E-state index is 15.0. The van der Waals surface area contributed by atoms with Gasteiger partial charge in [0.15, 0.2) is 34.5 Å². The molecule has 18 heteroatoms. The molecule has 6 aliphatic carbocycles. The third-order valence-corrected chi connectivity index (χ3v) is 22.0. The van der Waals surface area contributed by atoms with E-state index in [1.807, 2.05) is 146 Å². The first-order chi connectivity index (χ1) is 55.7. The van der Waals surface area contributed by atoms with E-state index in [4.69, 9.17) is 56.8 Å². The Hall–Kier alpha value is -13.0. The third-order valence-electron chi connectivity index (χ3n) is 22.0. The Bertz CT molecular complexity index is 4530. The molecule has 0 spiro atoms. The lowest BCUT2D eigenvalue weighted by Gasteiger charge is -2.19. The minimum Gasteiger partial charge on any atom is -0.490 e. The molecule has 12 atom stereocenters. The molecule has 576 valence electrons. The van der Waals surface area contributed by atoms with E-state index < -0.39 is 71.3 Å². The molecule has 10 aromatic rings. The summed E-state index contributed by atoms with van der Waals surface area (Å²) in [6, 6.07) is 54.7. The van der Waals surface area contributed by atoms with Crippen molar-refractivity contribution in [3.8, 4) is 69.0 Å². The first-order valence-electron chi connectivity index (χ1n) is 38.5. The number of ether oxygens (including phenoxy) is 12. The molecule has 6 aliphatic rings. The molecule has 10 aromatic carbocycles. The van der Waals surface area contributed by atoms with E-state index in [0.29, 0.717) is 145 Å². The number of benzene rings is 10. The second-order valence-corrected chi connectivity index (χ2v) is 29.8. The Labute approximate surface area is 659 Å². The number of hydrogen-bond acceptors (Lipinski definition) is 18. The predicted molar refractivity (Wildman–Crippen MR) is 431 cm³/mol. The van der Waals surface area contributed by atoms with Gasteiger partial charge in [0.05, 0.1) is 35.5 Å². The van der Waals surface area contributed by atoms with Gasteiger partial charge in [-0.05, 0) is 249 Å². The lowest BCUT2D eigenvalue weighted by molar-refractivity contribution is -0.138. The molecule has 0 amide bonds. The molecule has 0 saturated heterocycles. The molecule has 0 aromatic heterocycles. The Morgan fingerprint density at radius 2 is 0.360 bits per heavy atom. The van der Waals surface area contributed by atoms with Gasteiger partial charge in [0, 0.05) is 0 Å². The molecule has 6 saturated carbocycles. The summed E-state index contributed by atoms with van der Waals surface area (Å²) >= 11 is 0. The van der Waals surface area contributed by atoms with Crippen molar-refractivity contribution in [2.45, 2.75) is 74.0 Å². The SMILES string of the molecule is C=CCOc1ccc(C2CC2C(=O)Oc2cc3c4cc(OC(=O)C5CC5c5ccc(OCC=C)cc5)c(OC(=O)C5CC5c5ccc(OCC=C)cc5)cc4c4cc(OC(=O)C5CC5c5ccc(OCC=C)cc5)c(OC(=O)C5CC5c5ccc(OCC=C)cc5)cc4c3cc2OC(=O)C2CC2c2ccc(OCC=C)cc2)cc1. The summed E-state index contributed by atoms with van der Waals surface area (Å²) in [5, 5.41) is 2.24. The van der Waals surface area contributed by atoms with Gasteiger partial charge >= 0.3 is 35.8 Å². The van der Waals surface area contributed by atoms with Gasteiger partial charge < -0.3 is 56.8 Å². The number of hydrogen-bond donors (Lipinski definition) is 0. The van der Waals surface area contributed by atoms with Crippen molar-refractivity contribution >= 4 is 68.1 Å². The van der Waals surface area contributed by atoms with Gasteiger partial charge in [0.25, 0.3) is 0 Å². The average molecular weight is 1530 g/mol. The van der Waals surface area contributed by atoms with E-state index in [1.165, 1.54) is 0 Å². The molecule has 6 fully saturated rings. The van der Waals surface area contributed by atoms with Crippen LogP contribution < -0.4 is 56.8 Å². The highest BCUT2D eigenvalue weighted by molar-refractivity contribution is 6.27. The van der Waals surface area contributed by atoms with Crippen LogP contribution in [0.1, 0.15) is 107 Å². The van der Waals surface area contributed by atoms with Gasteiger partial charge in [0.1, 0.15) is 74.1 Å². The predicted octanol–water partition coefficient (Wildman–Crippen LogP) is 18.8. The Kier molecular flexibility index (Phi) is 21.6. The highest BCUT2D eigenvalue weighted by Gasteiger charge is 2.51. The fourth-order valence-corrected chi connectivity index (χ4v) is 15.3. The first kappa shape index (κ1) is 75.1. The molecule has 0 aliphatic heterocycles. The lowest BCUT2D eigenvalue weighted by Crippen LogP contribution is -2.16. The van der Waals surface area contributed by atoms with Gasteiger partial charge in [-0.2, -0.15) is 0 Å².